The van der Waals surface area contributed by atoms with Crippen molar-refractivity contribution in [3.63, 3.8) is 0 Å². The minimum Gasteiger partial charge on any atom is -0.492 e. The molecule has 122 valence electrons. The predicted molar refractivity (Wildman–Crippen MR) is 96.2 cm³/mol. The number of benzene rings is 2. The molecule has 0 amide bonds. The molecule has 5 nitrogen and oxygen atoms in total. The highest BCUT2D eigenvalue weighted by molar-refractivity contribution is 5.77. The summed E-state index contributed by atoms with van der Waals surface area (Å²) in [5, 5.41) is 0. The van der Waals surface area contributed by atoms with Crippen LogP contribution in [0.5, 0.6) is 5.75 Å². The summed E-state index contributed by atoms with van der Waals surface area (Å²) >= 11 is 0. The van der Waals surface area contributed by atoms with Crippen LogP contribution in [0.15, 0.2) is 61.3 Å². The molecule has 2 aromatic heterocycles. The van der Waals surface area contributed by atoms with Crippen molar-refractivity contribution in [2.75, 3.05) is 6.61 Å². The molecule has 1 aliphatic heterocycles. The molecule has 0 radical (unpaired) electrons. The minimum atomic E-state index is 0.657. The van der Waals surface area contributed by atoms with Crippen LogP contribution in [0, 0.1) is 0 Å². The molecule has 0 unspecified atom stereocenters. The van der Waals surface area contributed by atoms with Crippen molar-refractivity contribution >= 4 is 0 Å². The monoisotopic (exact) mass is 328 g/mol. The number of aromatic amines is 2. The van der Waals surface area contributed by atoms with Crippen LogP contribution in [0.3, 0.4) is 0 Å². The van der Waals surface area contributed by atoms with Gasteiger partial charge in [0.15, 0.2) is 0 Å². The van der Waals surface area contributed by atoms with Crippen LogP contribution in [0.2, 0.25) is 0 Å². The summed E-state index contributed by atoms with van der Waals surface area (Å²) in [6, 6.07) is 14.8. The molecular formula is C20H16N4O. The van der Waals surface area contributed by atoms with Gasteiger partial charge in [-0.2, -0.15) is 0 Å². The van der Waals surface area contributed by atoms with Gasteiger partial charge >= 0.3 is 0 Å². The Hall–Kier alpha value is -3.34. The highest BCUT2D eigenvalue weighted by Crippen LogP contribution is 2.37. The van der Waals surface area contributed by atoms with E-state index in [0.29, 0.717) is 6.61 Å². The number of fused-ring (bicyclic) bond motifs is 3. The molecule has 4 aromatic rings. The number of aromatic nitrogens is 4. The van der Waals surface area contributed by atoms with Gasteiger partial charge in [0.05, 0.1) is 36.8 Å². The molecule has 0 saturated carbocycles. The van der Waals surface area contributed by atoms with E-state index in [4.69, 9.17) is 4.74 Å². The first-order valence-electron chi connectivity index (χ1n) is 8.27. The van der Waals surface area contributed by atoms with Crippen molar-refractivity contribution in [1.82, 2.24) is 19.9 Å². The minimum absolute atomic E-state index is 0.657. The summed E-state index contributed by atoms with van der Waals surface area (Å²) in [4.78, 5) is 14.9. The summed E-state index contributed by atoms with van der Waals surface area (Å²) in [6.07, 6.45) is 6.11. The third-order valence-corrected chi connectivity index (χ3v) is 4.59. The van der Waals surface area contributed by atoms with Gasteiger partial charge in [-0.1, -0.05) is 30.3 Å². The third kappa shape index (κ3) is 2.41. The first-order chi connectivity index (χ1) is 12.4. The number of hydrogen-bond acceptors (Lipinski definition) is 3. The van der Waals surface area contributed by atoms with Crippen molar-refractivity contribution in [3.8, 4) is 39.4 Å². The number of ether oxygens (including phenoxy) is 1. The molecule has 0 spiro atoms. The number of nitrogens with one attached hydrogen (secondary N) is 2. The van der Waals surface area contributed by atoms with Crippen molar-refractivity contribution in [1.29, 1.82) is 0 Å². The van der Waals surface area contributed by atoms with E-state index >= 15 is 0 Å². The normalized spacial score (nSPS) is 12.8. The highest BCUT2D eigenvalue weighted by Gasteiger charge is 2.18. The van der Waals surface area contributed by atoms with Gasteiger partial charge in [-0.3, -0.25) is 0 Å². The topological polar surface area (TPSA) is 66.6 Å². The van der Waals surface area contributed by atoms with Gasteiger partial charge in [-0.15, -0.1) is 0 Å². The molecule has 2 aromatic carbocycles. The second-order valence-electron chi connectivity index (χ2n) is 6.08. The molecule has 0 saturated heterocycles. The van der Waals surface area contributed by atoms with E-state index in [1.807, 2.05) is 6.20 Å². The first kappa shape index (κ1) is 14.0. The van der Waals surface area contributed by atoms with Crippen molar-refractivity contribution in [3.05, 3.63) is 67.0 Å². The average Bonchev–Trinajstić information content (AvgIpc) is 3.32. The lowest BCUT2D eigenvalue weighted by molar-refractivity contribution is 0.325. The standard InChI is InChI=1S/C20H16N4O/c1-3-14(18-10-21-11-22-18)4-2-13(1)15-5-6-16-19(9-15)25-8-7-17-20(16)24-12-23-17/h1-6,9-12H,7-8H2,(H,21,22)(H,23,24). The van der Waals surface area contributed by atoms with E-state index < -0.39 is 0 Å². The molecule has 0 aliphatic carbocycles. The molecule has 5 heteroatoms. The Morgan fingerprint density at radius 2 is 1.72 bits per heavy atom. The van der Waals surface area contributed by atoms with Gasteiger partial charge in [0.2, 0.25) is 0 Å². The Bertz CT molecular complexity index is 1020. The second kappa shape index (κ2) is 5.63. The number of rotatable bonds is 2. The third-order valence-electron chi connectivity index (χ3n) is 4.59. The largest absolute Gasteiger partial charge is 0.492 e. The molecular weight excluding hydrogens is 312 g/mol. The number of hydrogen-bond donors (Lipinski definition) is 2. The Morgan fingerprint density at radius 3 is 2.56 bits per heavy atom. The summed E-state index contributed by atoms with van der Waals surface area (Å²) in [7, 11) is 0. The van der Waals surface area contributed by atoms with Crippen LogP contribution in [0.4, 0.5) is 0 Å². The lowest BCUT2D eigenvalue weighted by atomic mass is 10.00. The van der Waals surface area contributed by atoms with Crippen LogP contribution in [0.25, 0.3) is 33.6 Å². The van der Waals surface area contributed by atoms with E-state index in [-0.39, 0.29) is 0 Å². The van der Waals surface area contributed by atoms with Gasteiger partial charge in [-0.05, 0) is 28.8 Å². The summed E-state index contributed by atoms with van der Waals surface area (Å²) in [6.45, 7) is 0.657. The zero-order valence-corrected chi connectivity index (χ0v) is 13.5. The Balaban J connectivity index is 1.53. The summed E-state index contributed by atoms with van der Waals surface area (Å²) < 4.78 is 5.96. The van der Waals surface area contributed by atoms with Crippen LogP contribution in [-0.4, -0.2) is 26.5 Å². The summed E-state index contributed by atoms with van der Waals surface area (Å²) in [5.74, 6) is 0.890. The predicted octanol–water partition coefficient (Wildman–Crippen LogP) is 4.07. The Kier molecular flexibility index (Phi) is 3.16. The summed E-state index contributed by atoms with van der Waals surface area (Å²) in [5.41, 5.74) is 7.60. The van der Waals surface area contributed by atoms with Crippen molar-refractivity contribution in [2.45, 2.75) is 6.42 Å². The molecule has 25 heavy (non-hydrogen) atoms. The second-order valence-corrected chi connectivity index (χ2v) is 6.08. The van der Waals surface area contributed by atoms with Crippen LogP contribution in [-0.2, 0) is 6.42 Å². The molecule has 3 heterocycles. The van der Waals surface area contributed by atoms with Crippen molar-refractivity contribution in [2.24, 2.45) is 0 Å². The van der Waals surface area contributed by atoms with Crippen LogP contribution < -0.4 is 4.74 Å². The maximum Gasteiger partial charge on any atom is 0.129 e. The fourth-order valence-corrected chi connectivity index (χ4v) is 3.28. The molecule has 0 bridgehead atoms. The lowest BCUT2D eigenvalue weighted by Gasteiger charge is -2.10. The van der Waals surface area contributed by atoms with E-state index in [1.165, 1.54) is 0 Å². The number of imidazole rings is 2. The maximum atomic E-state index is 5.96. The smallest absolute Gasteiger partial charge is 0.129 e. The van der Waals surface area contributed by atoms with Gasteiger partial charge in [0.25, 0.3) is 0 Å². The van der Waals surface area contributed by atoms with Gasteiger partial charge in [0.1, 0.15) is 5.75 Å². The molecule has 0 fully saturated rings. The van der Waals surface area contributed by atoms with E-state index in [9.17, 15) is 0 Å². The Labute approximate surface area is 144 Å². The van der Waals surface area contributed by atoms with E-state index in [2.05, 4.69) is 62.4 Å². The van der Waals surface area contributed by atoms with Crippen LogP contribution in [0.1, 0.15) is 5.69 Å². The van der Waals surface area contributed by atoms with Gasteiger partial charge < -0.3 is 14.7 Å². The van der Waals surface area contributed by atoms with Crippen LogP contribution >= 0.6 is 0 Å². The Morgan fingerprint density at radius 1 is 0.880 bits per heavy atom. The molecule has 1 aliphatic rings. The first-order valence-corrected chi connectivity index (χ1v) is 8.27. The number of nitrogens with zero attached hydrogens (tertiary/aromatic N) is 2. The van der Waals surface area contributed by atoms with E-state index in [0.717, 1.165) is 51.5 Å². The fraction of sp³-hybridized carbons (Fsp3) is 0.100. The SMILES string of the molecule is c1ncc(-c2ccc(-c3ccc4c(c3)OCCc3[nH]cnc3-4)cc2)[nH]1. The lowest BCUT2D eigenvalue weighted by Crippen LogP contribution is -1.99. The quantitative estimate of drug-likeness (QED) is 0.583. The molecule has 2 N–H and O–H groups in total. The maximum absolute atomic E-state index is 5.96. The van der Waals surface area contributed by atoms with Gasteiger partial charge in [-0.25, -0.2) is 9.97 Å². The zero-order chi connectivity index (χ0) is 16.6. The molecule has 0 atom stereocenters. The van der Waals surface area contributed by atoms with Gasteiger partial charge in [0, 0.05) is 17.7 Å². The van der Waals surface area contributed by atoms with E-state index in [1.54, 1.807) is 12.7 Å². The highest BCUT2D eigenvalue weighted by atomic mass is 16.5. The average molecular weight is 328 g/mol. The zero-order valence-electron chi connectivity index (χ0n) is 13.5. The molecule has 5 rings (SSSR count). The van der Waals surface area contributed by atoms with Crippen molar-refractivity contribution < 1.29 is 4.74 Å². The fourth-order valence-electron chi connectivity index (χ4n) is 3.28. The number of H-pyrrole nitrogens is 2.